The lowest BCUT2D eigenvalue weighted by Gasteiger charge is -2.23. The van der Waals surface area contributed by atoms with Gasteiger partial charge in [-0.25, -0.2) is 19.7 Å². The second-order valence-electron chi connectivity index (χ2n) is 9.53. The Hall–Kier alpha value is -4.06. The number of anilines is 1. The van der Waals surface area contributed by atoms with E-state index in [9.17, 15) is 19.5 Å². The Morgan fingerprint density at radius 2 is 1.89 bits per heavy atom. The molecule has 0 bridgehead atoms. The minimum atomic E-state index is -0.940. The van der Waals surface area contributed by atoms with Gasteiger partial charge in [-0.3, -0.25) is 14.5 Å². The Labute approximate surface area is 207 Å². The molecular weight excluding hydrogens is 466 g/mol. The van der Waals surface area contributed by atoms with Gasteiger partial charge in [-0.05, 0) is 39.3 Å². The molecule has 3 aromatic rings. The molecule has 2 aromatic heterocycles. The summed E-state index contributed by atoms with van der Waals surface area (Å²) >= 11 is 0. The van der Waals surface area contributed by atoms with Crippen molar-refractivity contribution in [2.24, 2.45) is 0 Å². The monoisotopic (exact) mass is 495 g/mol. The van der Waals surface area contributed by atoms with Gasteiger partial charge in [0.05, 0.1) is 12.4 Å². The average Bonchev–Trinajstić information content (AvgIpc) is 3.43. The maximum Gasteiger partial charge on any atom is 0.407 e. The Morgan fingerprint density at radius 1 is 1.14 bits per heavy atom. The number of likely N-dealkylation sites (tertiary alicyclic amines) is 1. The van der Waals surface area contributed by atoms with Crippen molar-refractivity contribution in [1.29, 1.82) is 0 Å². The molecule has 1 aromatic carbocycles. The van der Waals surface area contributed by atoms with Crippen molar-refractivity contribution < 1.29 is 24.2 Å². The van der Waals surface area contributed by atoms with Gasteiger partial charge in [-0.15, -0.1) is 0 Å². The molecular formula is C24H29N7O5. The van der Waals surface area contributed by atoms with Gasteiger partial charge < -0.3 is 25.0 Å². The second kappa shape index (κ2) is 10.3. The fraction of sp³-hybridized carbons (Fsp3) is 0.417. The number of alkyl carbamates (subject to hydrolysis) is 1. The summed E-state index contributed by atoms with van der Waals surface area (Å²) in [6.45, 7) is 6.33. The van der Waals surface area contributed by atoms with Crippen LogP contribution in [0.4, 0.5) is 10.6 Å². The molecule has 0 aliphatic carbocycles. The lowest BCUT2D eigenvalue weighted by molar-refractivity contribution is -0.142. The number of rotatable bonds is 7. The maximum atomic E-state index is 12.6. The van der Waals surface area contributed by atoms with Crippen LogP contribution in [0.5, 0.6) is 0 Å². The Morgan fingerprint density at radius 3 is 2.58 bits per heavy atom. The molecule has 0 saturated carbocycles. The molecule has 12 nitrogen and oxygen atoms in total. The van der Waals surface area contributed by atoms with Gasteiger partial charge in [0, 0.05) is 25.2 Å². The van der Waals surface area contributed by atoms with E-state index in [0.29, 0.717) is 36.2 Å². The lowest BCUT2D eigenvalue weighted by atomic mass is 10.1. The van der Waals surface area contributed by atoms with E-state index in [1.165, 1.54) is 6.33 Å². The van der Waals surface area contributed by atoms with E-state index in [0.717, 1.165) is 0 Å². The fourth-order valence-corrected chi connectivity index (χ4v) is 4.18. The summed E-state index contributed by atoms with van der Waals surface area (Å²) < 4.78 is 7.04. The number of aromatic nitrogens is 4. The van der Waals surface area contributed by atoms with Crippen molar-refractivity contribution in [2.75, 3.05) is 25.0 Å². The quantitative estimate of drug-likeness (QED) is 0.448. The number of fused-ring (bicyclic) bond motifs is 1. The number of ether oxygens (including phenoxy) is 1. The number of benzene rings is 1. The van der Waals surface area contributed by atoms with Crippen LogP contribution >= 0.6 is 0 Å². The molecule has 1 fully saturated rings. The van der Waals surface area contributed by atoms with Crippen LogP contribution in [0.15, 0.2) is 43.0 Å². The first-order valence-electron chi connectivity index (χ1n) is 11.6. The molecule has 3 heterocycles. The summed E-state index contributed by atoms with van der Waals surface area (Å²) in [5, 5.41) is 15.2. The van der Waals surface area contributed by atoms with Gasteiger partial charge in [-0.2, -0.15) is 0 Å². The number of hydrogen-bond donors (Lipinski definition) is 3. The number of carbonyl (C=O) groups is 3. The molecule has 12 heteroatoms. The van der Waals surface area contributed by atoms with Crippen LogP contribution < -0.4 is 10.6 Å². The van der Waals surface area contributed by atoms with Crippen molar-refractivity contribution in [2.45, 2.75) is 44.9 Å². The first-order chi connectivity index (χ1) is 17.1. The zero-order chi connectivity index (χ0) is 25.9. The van der Waals surface area contributed by atoms with Gasteiger partial charge in [0.2, 0.25) is 0 Å². The van der Waals surface area contributed by atoms with Gasteiger partial charge in [0.15, 0.2) is 17.0 Å². The molecule has 2 atom stereocenters. The van der Waals surface area contributed by atoms with E-state index < -0.39 is 23.7 Å². The van der Waals surface area contributed by atoms with Crippen molar-refractivity contribution in [3.63, 3.8) is 0 Å². The summed E-state index contributed by atoms with van der Waals surface area (Å²) in [6.07, 6.45) is 2.72. The molecule has 36 heavy (non-hydrogen) atoms. The van der Waals surface area contributed by atoms with E-state index in [-0.39, 0.29) is 24.3 Å². The van der Waals surface area contributed by atoms with Crippen molar-refractivity contribution in [3.05, 3.63) is 48.5 Å². The highest BCUT2D eigenvalue weighted by atomic mass is 16.6. The van der Waals surface area contributed by atoms with Gasteiger partial charge in [0.1, 0.15) is 18.0 Å². The van der Waals surface area contributed by atoms with Crippen LogP contribution in [-0.2, 0) is 9.53 Å². The number of imidazole rings is 1. The van der Waals surface area contributed by atoms with Crippen LogP contribution in [0, 0.1) is 0 Å². The predicted octanol–water partition coefficient (Wildman–Crippen LogP) is 2.30. The molecule has 190 valence electrons. The van der Waals surface area contributed by atoms with Crippen LogP contribution in [0.25, 0.3) is 11.2 Å². The first kappa shape index (κ1) is 25.0. The molecule has 0 unspecified atom stereocenters. The highest BCUT2D eigenvalue weighted by Gasteiger charge is 2.38. The Kier molecular flexibility index (Phi) is 7.15. The number of amides is 2. The maximum absolute atomic E-state index is 12.6. The standard InChI is InChI=1S/C24H29N7O5/c1-24(2,3)36-23(35)25-9-10-30-12-16(11-17(30)22(33)34)31-14-28-18-19(26-13-27-20(18)31)29-21(32)15-7-5-4-6-8-15/h4-8,13-14,16-17H,9-12H2,1-3H3,(H,25,35)(H,33,34)(H,26,27,29,32)/t16-,17-/m0/s1. The van der Waals surface area contributed by atoms with Crippen LogP contribution in [-0.4, -0.2) is 78.8 Å². The summed E-state index contributed by atoms with van der Waals surface area (Å²) in [4.78, 5) is 51.2. The smallest absolute Gasteiger partial charge is 0.407 e. The topological polar surface area (TPSA) is 152 Å². The number of nitrogens with one attached hydrogen (secondary N) is 2. The zero-order valence-electron chi connectivity index (χ0n) is 20.3. The van der Waals surface area contributed by atoms with Crippen molar-refractivity contribution in [3.8, 4) is 0 Å². The SMILES string of the molecule is CC(C)(C)OC(=O)NCCN1C[C@@H](n2cnc3c(NC(=O)c4ccccc4)ncnc32)C[C@H]1C(=O)O. The highest BCUT2D eigenvalue weighted by molar-refractivity contribution is 6.06. The minimum Gasteiger partial charge on any atom is -0.480 e. The number of carboxylic acid groups (broad SMARTS) is 1. The minimum absolute atomic E-state index is 0.217. The normalized spacial score (nSPS) is 18.2. The second-order valence-corrected chi connectivity index (χ2v) is 9.53. The Balaban J connectivity index is 1.46. The van der Waals surface area contributed by atoms with Crippen LogP contribution in [0.1, 0.15) is 43.6 Å². The van der Waals surface area contributed by atoms with Gasteiger partial charge >= 0.3 is 12.1 Å². The molecule has 4 rings (SSSR count). The number of carboxylic acids is 1. The predicted molar refractivity (Wildman–Crippen MR) is 131 cm³/mol. The van der Waals surface area contributed by atoms with Crippen LogP contribution in [0.3, 0.4) is 0 Å². The van der Waals surface area contributed by atoms with E-state index in [2.05, 4.69) is 25.6 Å². The van der Waals surface area contributed by atoms with E-state index in [1.807, 2.05) is 10.6 Å². The average molecular weight is 496 g/mol. The fourth-order valence-electron chi connectivity index (χ4n) is 4.18. The molecule has 3 N–H and O–H groups in total. The first-order valence-corrected chi connectivity index (χ1v) is 11.6. The molecule has 1 saturated heterocycles. The van der Waals surface area contributed by atoms with Gasteiger partial charge in [0.25, 0.3) is 5.91 Å². The number of nitrogens with zero attached hydrogens (tertiary/aromatic N) is 5. The summed E-state index contributed by atoms with van der Waals surface area (Å²) in [6, 6.07) is 7.81. The number of hydrogen-bond acceptors (Lipinski definition) is 8. The molecule has 1 aliphatic rings. The third-order valence-corrected chi connectivity index (χ3v) is 5.75. The number of carbonyl (C=O) groups excluding carboxylic acids is 2. The largest absolute Gasteiger partial charge is 0.480 e. The summed E-state index contributed by atoms with van der Waals surface area (Å²) in [7, 11) is 0. The van der Waals surface area contributed by atoms with Crippen molar-refractivity contribution >= 4 is 35.0 Å². The molecule has 0 spiro atoms. The third-order valence-electron chi connectivity index (χ3n) is 5.75. The third kappa shape index (κ3) is 5.77. The van der Waals surface area contributed by atoms with E-state index in [1.54, 1.807) is 56.3 Å². The highest BCUT2D eigenvalue weighted by Crippen LogP contribution is 2.30. The summed E-state index contributed by atoms with van der Waals surface area (Å²) in [5.41, 5.74) is 0.783. The van der Waals surface area contributed by atoms with E-state index >= 15 is 0 Å². The van der Waals surface area contributed by atoms with Gasteiger partial charge in [-0.1, -0.05) is 18.2 Å². The Bertz CT molecular complexity index is 1250. The summed E-state index contributed by atoms with van der Waals surface area (Å²) in [5.74, 6) is -0.982. The molecule has 2 amide bonds. The molecule has 0 radical (unpaired) electrons. The molecule has 1 aliphatic heterocycles. The zero-order valence-corrected chi connectivity index (χ0v) is 20.3. The van der Waals surface area contributed by atoms with Crippen molar-refractivity contribution in [1.82, 2.24) is 29.7 Å². The number of aliphatic carboxylic acids is 1. The lowest BCUT2D eigenvalue weighted by Crippen LogP contribution is -2.42. The van der Waals surface area contributed by atoms with Crippen LogP contribution in [0.2, 0.25) is 0 Å². The van der Waals surface area contributed by atoms with E-state index in [4.69, 9.17) is 4.74 Å².